The zero-order valence-corrected chi connectivity index (χ0v) is 29.0. The molecule has 0 aliphatic rings. The minimum atomic E-state index is 0.0355. The number of hydrogen-bond acceptors (Lipinski definition) is 4. The first kappa shape index (κ1) is 34.9. The van der Waals surface area contributed by atoms with E-state index in [2.05, 4.69) is 135 Å². The Labute approximate surface area is 255 Å². The third kappa shape index (κ3) is 7.96. The van der Waals surface area contributed by atoms with Crippen molar-refractivity contribution in [3.05, 3.63) is 77.2 Å². The van der Waals surface area contributed by atoms with E-state index in [1.807, 2.05) is 27.7 Å². The molecule has 0 saturated heterocycles. The molecule has 0 unspecified atom stereocenters. The molecule has 4 nitrogen and oxygen atoms in total. The van der Waals surface area contributed by atoms with Crippen molar-refractivity contribution in [1.29, 1.82) is 0 Å². The van der Waals surface area contributed by atoms with E-state index in [9.17, 15) is 0 Å². The second kappa shape index (κ2) is 13.8. The van der Waals surface area contributed by atoms with Crippen LogP contribution in [0.15, 0.2) is 59.3 Å². The molecule has 3 aromatic heterocycles. The maximum absolute atomic E-state index is 5.14. The van der Waals surface area contributed by atoms with Crippen molar-refractivity contribution < 1.29 is 4.52 Å². The summed E-state index contributed by atoms with van der Waals surface area (Å²) >= 11 is 0. The predicted molar refractivity (Wildman–Crippen MR) is 184 cm³/mol. The minimum Gasteiger partial charge on any atom is -0.336 e. The van der Waals surface area contributed by atoms with Crippen molar-refractivity contribution in [3.63, 3.8) is 0 Å². The van der Waals surface area contributed by atoms with Gasteiger partial charge in [-0.2, -0.15) is 0 Å². The standard InChI is InChI=1S/C21H25N.C13H18N2O.2C2H6/c1-20(2,3)17-13-15-12-11-14-9-7-8-10-16(14)18(15)22-19(17)21(4,5)6;1-8(2)11-10(13(3,4)5)6-9-7-14-16-12(9)15-11;2*1-2/h7-13H,1-6H3;6-8H,1-5H3;2*1-2H3. The lowest BCUT2D eigenvalue weighted by Crippen LogP contribution is -2.23. The van der Waals surface area contributed by atoms with Crippen molar-refractivity contribution in [3.8, 4) is 0 Å². The molecule has 0 aliphatic carbocycles. The van der Waals surface area contributed by atoms with Gasteiger partial charge in [-0.3, -0.25) is 4.98 Å². The molecule has 0 radical (unpaired) electrons. The average Bonchev–Trinajstić information content (AvgIpc) is 3.40. The first-order valence-electron chi connectivity index (χ1n) is 15.7. The largest absolute Gasteiger partial charge is 0.336 e. The lowest BCUT2D eigenvalue weighted by atomic mass is 9.77. The fourth-order valence-corrected chi connectivity index (χ4v) is 4.92. The van der Waals surface area contributed by atoms with Crippen LogP contribution in [-0.4, -0.2) is 15.1 Å². The molecule has 0 bridgehead atoms. The summed E-state index contributed by atoms with van der Waals surface area (Å²) in [5, 5.41) is 8.50. The number of pyridine rings is 2. The van der Waals surface area contributed by atoms with E-state index in [0.717, 1.165) is 16.6 Å². The highest BCUT2D eigenvalue weighted by atomic mass is 16.5. The molecule has 0 aliphatic heterocycles. The molecule has 2 aromatic carbocycles. The fourth-order valence-electron chi connectivity index (χ4n) is 4.92. The van der Waals surface area contributed by atoms with E-state index in [-0.39, 0.29) is 16.2 Å². The smallest absolute Gasteiger partial charge is 0.257 e. The summed E-state index contributed by atoms with van der Waals surface area (Å²) in [4.78, 5) is 9.71. The van der Waals surface area contributed by atoms with Gasteiger partial charge in [0.05, 0.1) is 28.5 Å². The van der Waals surface area contributed by atoms with Crippen molar-refractivity contribution in [2.75, 3.05) is 0 Å². The summed E-state index contributed by atoms with van der Waals surface area (Å²) in [6.07, 6.45) is 1.72. The number of nitrogens with zero attached hydrogens (tertiary/aromatic N) is 3. The summed E-state index contributed by atoms with van der Waals surface area (Å²) in [5.41, 5.74) is 6.93. The maximum Gasteiger partial charge on any atom is 0.257 e. The summed E-state index contributed by atoms with van der Waals surface area (Å²) in [6.45, 7) is 32.5. The molecule has 0 atom stereocenters. The zero-order valence-electron chi connectivity index (χ0n) is 29.0. The fraction of sp³-hybridized carbons (Fsp3) is 0.500. The Morgan fingerprint density at radius 3 is 1.71 bits per heavy atom. The number of rotatable bonds is 1. The Hall–Kier alpha value is -3.27. The Morgan fingerprint density at radius 2 is 1.17 bits per heavy atom. The Bertz CT molecular complexity index is 1590. The first-order valence-corrected chi connectivity index (χ1v) is 15.7. The van der Waals surface area contributed by atoms with Crippen molar-refractivity contribution in [2.24, 2.45) is 0 Å². The van der Waals surface area contributed by atoms with Gasteiger partial charge < -0.3 is 4.52 Å². The van der Waals surface area contributed by atoms with E-state index in [0.29, 0.717) is 11.6 Å². The quantitative estimate of drug-likeness (QED) is 0.188. The van der Waals surface area contributed by atoms with Gasteiger partial charge in [0.1, 0.15) is 0 Å². The Morgan fingerprint density at radius 1 is 0.619 bits per heavy atom. The molecule has 0 amide bonds. The molecule has 42 heavy (non-hydrogen) atoms. The molecule has 3 heterocycles. The highest BCUT2D eigenvalue weighted by molar-refractivity contribution is 6.05. The van der Waals surface area contributed by atoms with E-state index >= 15 is 0 Å². The summed E-state index contributed by atoms with van der Waals surface area (Å²) in [5.74, 6) is 0.392. The molecule has 5 rings (SSSR count). The molecule has 0 fully saturated rings. The monoisotopic (exact) mass is 569 g/mol. The summed E-state index contributed by atoms with van der Waals surface area (Å²) < 4.78 is 5.12. The van der Waals surface area contributed by atoms with Crippen LogP contribution in [0.2, 0.25) is 0 Å². The zero-order chi connectivity index (χ0) is 32.0. The van der Waals surface area contributed by atoms with Crippen LogP contribution in [0.5, 0.6) is 0 Å². The van der Waals surface area contributed by atoms with Gasteiger partial charge in [0.2, 0.25) is 0 Å². The SMILES string of the molecule is CC.CC.CC(C)(C)c1cc2ccc3ccccc3c2nc1C(C)(C)C.CC(C)c1nc2oncc2cc1C(C)(C)C. The predicted octanol–water partition coefficient (Wildman–Crippen LogP) is 11.7. The molecular formula is C38H55N3O. The van der Waals surface area contributed by atoms with E-state index in [1.54, 1.807) is 6.20 Å². The summed E-state index contributed by atoms with van der Waals surface area (Å²) in [7, 11) is 0. The molecular weight excluding hydrogens is 514 g/mol. The van der Waals surface area contributed by atoms with E-state index < -0.39 is 0 Å². The number of hydrogen-bond donors (Lipinski definition) is 0. The number of benzene rings is 2. The summed E-state index contributed by atoms with van der Waals surface area (Å²) in [6, 6.07) is 17.4. The first-order chi connectivity index (χ1) is 19.6. The minimum absolute atomic E-state index is 0.0355. The van der Waals surface area contributed by atoms with Crippen LogP contribution >= 0.6 is 0 Å². The third-order valence-electron chi connectivity index (χ3n) is 6.96. The van der Waals surface area contributed by atoms with Gasteiger partial charge in [-0.05, 0) is 45.4 Å². The molecule has 228 valence electrons. The van der Waals surface area contributed by atoms with Gasteiger partial charge >= 0.3 is 0 Å². The number of fused-ring (bicyclic) bond motifs is 4. The highest BCUT2D eigenvalue weighted by Gasteiger charge is 2.27. The van der Waals surface area contributed by atoms with Gasteiger partial charge in [0.25, 0.3) is 5.71 Å². The van der Waals surface area contributed by atoms with E-state index in [4.69, 9.17) is 9.51 Å². The van der Waals surface area contributed by atoms with Gasteiger partial charge in [-0.25, -0.2) is 4.98 Å². The number of aromatic nitrogens is 3. The van der Waals surface area contributed by atoms with Crippen LogP contribution in [0.4, 0.5) is 0 Å². The highest BCUT2D eigenvalue weighted by Crippen LogP contribution is 2.36. The topological polar surface area (TPSA) is 51.8 Å². The van der Waals surface area contributed by atoms with Crippen molar-refractivity contribution >= 4 is 32.8 Å². The van der Waals surface area contributed by atoms with Gasteiger partial charge in [-0.1, -0.05) is 145 Å². The third-order valence-corrected chi connectivity index (χ3v) is 6.96. The molecule has 5 aromatic rings. The molecule has 0 N–H and O–H groups in total. The molecule has 0 spiro atoms. The van der Waals surface area contributed by atoms with Gasteiger partial charge in [0, 0.05) is 16.2 Å². The lowest BCUT2D eigenvalue weighted by molar-refractivity contribution is 0.446. The van der Waals surface area contributed by atoms with Crippen molar-refractivity contribution in [1.82, 2.24) is 15.1 Å². The maximum atomic E-state index is 5.14. The second-order valence-corrected chi connectivity index (χ2v) is 13.8. The second-order valence-electron chi connectivity index (χ2n) is 13.8. The van der Waals surface area contributed by atoms with Crippen LogP contribution in [0.1, 0.15) is 132 Å². The molecule has 4 heteroatoms. The van der Waals surface area contributed by atoms with Gasteiger partial charge in [-0.15, -0.1) is 0 Å². The lowest BCUT2D eigenvalue weighted by Gasteiger charge is -2.29. The van der Waals surface area contributed by atoms with Crippen LogP contribution in [-0.2, 0) is 16.2 Å². The van der Waals surface area contributed by atoms with E-state index in [1.165, 1.54) is 33.0 Å². The Balaban J connectivity index is 0.000000273. The van der Waals surface area contributed by atoms with Crippen LogP contribution < -0.4 is 0 Å². The van der Waals surface area contributed by atoms with Crippen LogP contribution in [0.25, 0.3) is 32.8 Å². The van der Waals surface area contributed by atoms with Crippen LogP contribution in [0, 0.1) is 0 Å². The molecule has 0 saturated carbocycles. The van der Waals surface area contributed by atoms with Crippen molar-refractivity contribution in [2.45, 2.75) is 126 Å². The Kier molecular flexibility index (Phi) is 11.5. The van der Waals surface area contributed by atoms with Crippen LogP contribution in [0.3, 0.4) is 0 Å². The average molecular weight is 570 g/mol. The van der Waals surface area contributed by atoms with Gasteiger partial charge in [0.15, 0.2) is 0 Å². The normalized spacial score (nSPS) is 11.9.